The number of piperazine rings is 1. The van der Waals surface area contributed by atoms with Crippen molar-refractivity contribution >= 4 is 11.9 Å². The Morgan fingerprint density at radius 2 is 2.04 bits per heavy atom. The van der Waals surface area contributed by atoms with E-state index in [0.29, 0.717) is 13.1 Å². The third-order valence-corrected chi connectivity index (χ3v) is 4.77. The molecule has 3 heterocycles. The largest absolute Gasteiger partial charge is 0.324 e. The van der Waals surface area contributed by atoms with Gasteiger partial charge in [0, 0.05) is 45.0 Å². The van der Waals surface area contributed by atoms with E-state index in [1.165, 1.54) is 5.56 Å². The molecule has 4 rings (SSSR count). The zero-order valence-electron chi connectivity index (χ0n) is 13.5. The number of carbonyl (C=O) groups is 2. The van der Waals surface area contributed by atoms with E-state index in [2.05, 4.69) is 27.4 Å². The van der Waals surface area contributed by atoms with Crippen LogP contribution >= 0.6 is 0 Å². The van der Waals surface area contributed by atoms with Crippen LogP contribution in [-0.4, -0.2) is 57.2 Å². The van der Waals surface area contributed by atoms with E-state index < -0.39 is 0 Å². The first-order valence-electron chi connectivity index (χ1n) is 8.03. The van der Waals surface area contributed by atoms with Gasteiger partial charge in [0.1, 0.15) is 6.04 Å². The molecule has 7 nitrogen and oxygen atoms in total. The minimum atomic E-state index is -0.366. The number of hydrogen-bond acceptors (Lipinski definition) is 4. The van der Waals surface area contributed by atoms with Crippen molar-refractivity contribution in [2.24, 2.45) is 7.05 Å². The van der Waals surface area contributed by atoms with Crippen LogP contribution in [0.15, 0.2) is 36.5 Å². The molecule has 1 aromatic heterocycles. The first-order chi connectivity index (χ1) is 11.6. The summed E-state index contributed by atoms with van der Waals surface area (Å²) >= 11 is 0. The Bertz CT molecular complexity index is 800. The second-order valence-corrected chi connectivity index (χ2v) is 6.24. The summed E-state index contributed by atoms with van der Waals surface area (Å²) in [6.45, 7) is 2.65. The van der Waals surface area contributed by atoms with Crippen LogP contribution < -0.4 is 5.32 Å². The average molecular weight is 325 g/mol. The number of nitrogens with one attached hydrogen (secondary N) is 1. The SMILES string of the molecule is Cn1nccc1-c1ccccc1CN1CCN2C(=O)NC(=O)[C@@H]2C1. The maximum Gasteiger partial charge on any atom is 0.324 e. The summed E-state index contributed by atoms with van der Waals surface area (Å²) < 4.78 is 1.86. The maximum absolute atomic E-state index is 11.9. The van der Waals surface area contributed by atoms with E-state index in [1.54, 1.807) is 11.1 Å². The predicted molar refractivity (Wildman–Crippen MR) is 88.0 cm³/mol. The van der Waals surface area contributed by atoms with Gasteiger partial charge in [0.25, 0.3) is 5.91 Å². The van der Waals surface area contributed by atoms with E-state index in [9.17, 15) is 9.59 Å². The number of urea groups is 1. The molecule has 24 heavy (non-hydrogen) atoms. The lowest BCUT2D eigenvalue weighted by Crippen LogP contribution is -2.52. The van der Waals surface area contributed by atoms with E-state index in [1.807, 2.05) is 29.9 Å². The fraction of sp³-hybridized carbons (Fsp3) is 0.353. The number of aromatic nitrogens is 2. The van der Waals surface area contributed by atoms with Crippen LogP contribution in [0, 0.1) is 0 Å². The van der Waals surface area contributed by atoms with Gasteiger partial charge in [0.2, 0.25) is 0 Å². The number of imide groups is 1. The van der Waals surface area contributed by atoms with Crippen molar-refractivity contribution in [1.29, 1.82) is 0 Å². The molecule has 0 saturated carbocycles. The summed E-state index contributed by atoms with van der Waals surface area (Å²) in [5.41, 5.74) is 3.41. The van der Waals surface area contributed by atoms with Crippen LogP contribution in [0.3, 0.4) is 0 Å². The molecule has 0 bridgehead atoms. The molecule has 2 aliphatic heterocycles. The lowest BCUT2D eigenvalue weighted by Gasteiger charge is -2.35. The lowest BCUT2D eigenvalue weighted by molar-refractivity contribution is -0.122. The molecule has 2 aliphatic rings. The Morgan fingerprint density at radius 3 is 2.83 bits per heavy atom. The van der Waals surface area contributed by atoms with Gasteiger partial charge in [0.15, 0.2) is 0 Å². The highest BCUT2D eigenvalue weighted by Gasteiger charge is 2.41. The number of amides is 3. The number of fused-ring (bicyclic) bond motifs is 1. The molecule has 0 unspecified atom stereocenters. The number of hydrogen-bond donors (Lipinski definition) is 1. The van der Waals surface area contributed by atoms with Crippen LogP contribution in [0.4, 0.5) is 4.79 Å². The third kappa shape index (κ3) is 2.46. The fourth-order valence-electron chi connectivity index (χ4n) is 3.50. The quantitative estimate of drug-likeness (QED) is 0.849. The zero-order chi connectivity index (χ0) is 16.7. The Balaban J connectivity index is 1.56. The maximum atomic E-state index is 11.9. The molecule has 7 heteroatoms. The first kappa shape index (κ1) is 14.9. The molecule has 2 aromatic rings. The van der Waals surface area contributed by atoms with Crippen LogP contribution in [-0.2, 0) is 18.4 Å². The summed E-state index contributed by atoms with van der Waals surface area (Å²) in [6.07, 6.45) is 1.79. The van der Waals surface area contributed by atoms with Gasteiger partial charge in [-0.25, -0.2) is 4.79 Å². The van der Waals surface area contributed by atoms with Gasteiger partial charge >= 0.3 is 6.03 Å². The first-order valence-corrected chi connectivity index (χ1v) is 8.03. The number of carbonyl (C=O) groups excluding carboxylic acids is 2. The fourth-order valence-corrected chi connectivity index (χ4v) is 3.50. The number of nitrogens with zero attached hydrogens (tertiary/aromatic N) is 4. The average Bonchev–Trinajstić information content (AvgIpc) is 3.12. The van der Waals surface area contributed by atoms with Crippen LogP contribution in [0.2, 0.25) is 0 Å². The second-order valence-electron chi connectivity index (χ2n) is 6.24. The summed E-state index contributed by atoms with van der Waals surface area (Å²) in [4.78, 5) is 27.5. The van der Waals surface area contributed by atoms with Crippen molar-refractivity contribution in [3.8, 4) is 11.3 Å². The zero-order valence-corrected chi connectivity index (χ0v) is 13.5. The van der Waals surface area contributed by atoms with Crippen molar-refractivity contribution in [3.05, 3.63) is 42.1 Å². The smallest absolute Gasteiger partial charge is 0.310 e. The standard InChI is InChI=1S/C17H19N5O2/c1-20-14(6-7-18-20)13-5-3-2-4-12(13)10-21-8-9-22-15(11-21)16(23)19-17(22)24/h2-7,15H,8-11H2,1H3,(H,19,23,24)/t15-/m0/s1. The molecule has 0 radical (unpaired) electrons. The predicted octanol–water partition coefficient (Wildman–Crippen LogP) is 0.823. The van der Waals surface area contributed by atoms with Gasteiger partial charge < -0.3 is 4.90 Å². The molecule has 3 amide bonds. The Hall–Kier alpha value is -2.67. The number of rotatable bonds is 3. The van der Waals surface area contributed by atoms with Gasteiger partial charge in [0.05, 0.1) is 5.69 Å². The topological polar surface area (TPSA) is 70.5 Å². The molecule has 2 saturated heterocycles. The Kier molecular flexibility index (Phi) is 3.57. The van der Waals surface area contributed by atoms with Crippen molar-refractivity contribution in [2.45, 2.75) is 12.6 Å². The Labute approximate surface area is 139 Å². The van der Waals surface area contributed by atoms with Gasteiger partial charge in [-0.1, -0.05) is 24.3 Å². The third-order valence-electron chi connectivity index (χ3n) is 4.77. The molecule has 1 N–H and O–H groups in total. The van der Waals surface area contributed by atoms with E-state index >= 15 is 0 Å². The van der Waals surface area contributed by atoms with Gasteiger partial charge in [-0.05, 0) is 11.6 Å². The molecule has 1 aromatic carbocycles. The van der Waals surface area contributed by atoms with E-state index in [0.717, 1.165) is 24.3 Å². The molecular formula is C17H19N5O2. The van der Waals surface area contributed by atoms with E-state index in [-0.39, 0.29) is 18.0 Å². The lowest BCUT2D eigenvalue weighted by atomic mass is 10.0. The van der Waals surface area contributed by atoms with Crippen LogP contribution in [0.1, 0.15) is 5.56 Å². The summed E-state index contributed by atoms with van der Waals surface area (Å²) in [5.74, 6) is -0.190. The van der Waals surface area contributed by atoms with Gasteiger partial charge in [-0.15, -0.1) is 0 Å². The highest BCUT2D eigenvalue weighted by Crippen LogP contribution is 2.25. The minimum absolute atomic E-state index is 0.190. The number of benzene rings is 1. The second kappa shape index (κ2) is 5.76. The molecule has 0 aliphatic carbocycles. The molecule has 1 atom stereocenters. The number of aryl methyl sites for hydroxylation is 1. The minimum Gasteiger partial charge on any atom is -0.310 e. The normalized spacial score (nSPS) is 21.0. The highest BCUT2D eigenvalue weighted by molar-refractivity contribution is 6.04. The summed E-state index contributed by atoms with van der Waals surface area (Å²) in [7, 11) is 1.93. The van der Waals surface area contributed by atoms with Crippen molar-refractivity contribution < 1.29 is 9.59 Å². The summed E-state index contributed by atoms with van der Waals surface area (Å²) in [5, 5.41) is 6.64. The Morgan fingerprint density at radius 1 is 1.21 bits per heavy atom. The van der Waals surface area contributed by atoms with Crippen molar-refractivity contribution in [2.75, 3.05) is 19.6 Å². The molecule has 2 fully saturated rings. The van der Waals surface area contributed by atoms with E-state index in [4.69, 9.17) is 0 Å². The molecule has 0 spiro atoms. The van der Waals surface area contributed by atoms with Crippen molar-refractivity contribution in [1.82, 2.24) is 24.9 Å². The molecular weight excluding hydrogens is 306 g/mol. The van der Waals surface area contributed by atoms with Gasteiger partial charge in [-0.3, -0.25) is 19.7 Å². The monoisotopic (exact) mass is 325 g/mol. The van der Waals surface area contributed by atoms with Crippen LogP contribution in [0.25, 0.3) is 11.3 Å². The van der Waals surface area contributed by atoms with Gasteiger partial charge in [-0.2, -0.15) is 5.10 Å². The highest BCUT2D eigenvalue weighted by atomic mass is 16.2. The van der Waals surface area contributed by atoms with Crippen molar-refractivity contribution in [3.63, 3.8) is 0 Å². The molecule has 124 valence electrons. The van der Waals surface area contributed by atoms with Crippen LogP contribution in [0.5, 0.6) is 0 Å². The summed E-state index contributed by atoms with van der Waals surface area (Å²) in [6, 6.07) is 9.61.